The molecular formula is C7H14N2O4. The van der Waals surface area contributed by atoms with Crippen molar-refractivity contribution in [2.24, 2.45) is 0 Å². The second kappa shape index (κ2) is 5.36. The zero-order valence-corrected chi connectivity index (χ0v) is 7.65. The number of hydrogen-bond donors (Lipinski definition) is 3. The third-order valence-electron chi connectivity index (χ3n) is 1.47. The van der Waals surface area contributed by atoms with Crippen LogP contribution in [-0.4, -0.2) is 53.9 Å². The molecule has 0 heterocycles. The molecule has 0 unspecified atom stereocenters. The van der Waals surface area contributed by atoms with E-state index in [0.29, 0.717) is 0 Å². The number of carbonyl (C=O) groups is 2. The van der Waals surface area contributed by atoms with Gasteiger partial charge in [0.15, 0.2) is 0 Å². The highest BCUT2D eigenvalue weighted by molar-refractivity contribution is 5.77. The van der Waals surface area contributed by atoms with Crippen molar-refractivity contribution in [3.63, 3.8) is 0 Å². The summed E-state index contributed by atoms with van der Waals surface area (Å²) in [6.45, 7) is -0.383. The molecular weight excluding hydrogens is 176 g/mol. The first kappa shape index (κ1) is 11.7. The Morgan fingerprint density at radius 2 is 2.00 bits per heavy atom. The van der Waals surface area contributed by atoms with Crippen molar-refractivity contribution in [3.8, 4) is 0 Å². The minimum atomic E-state index is -1.24. The van der Waals surface area contributed by atoms with E-state index in [2.05, 4.69) is 0 Å². The smallest absolute Gasteiger partial charge is 0.404 e. The molecule has 0 aliphatic carbocycles. The minimum Gasteiger partial charge on any atom is -0.465 e. The number of nitrogens with one attached hydrogen (secondary N) is 1. The molecule has 0 fully saturated rings. The van der Waals surface area contributed by atoms with Gasteiger partial charge in [0, 0.05) is 20.5 Å². The topological polar surface area (TPSA) is 89.9 Å². The monoisotopic (exact) mass is 190 g/mol. The van der Waals surface area contributed by atoms with Gasteiger partial charge in [-0.1, -0.05) is 0 Å². The summed E-state index contributed by atoms with van der Waals surface area (Å²) in [6.07, 6.45) is -1.28. The number of carboxylic acid groups (broad SMARTS) is 1. The van der Waals surface area contributed by atoms with Crippen molar-refractivity contribution in [3.05, 3.63) is 0 Å². The Labute approximate surface area is 76.2 Å². The molecule has 1 atom stereocenters. The largest absolute Gasteiger partial charge is 0.465 e. The molecule has 3 N–H and O–H groups in total. The predicted octanol–water partition coefficient (Wildman–Crippen LogP) is -0.907. The van der Waals surface area contributed by atoms with Crippen LogP contribution < -0.4 is 5.32 Å². The van der Waals surface area contributed by atoms with Crippen LogP contribution >= 0.6 is 0 Å². The van der Waals surface area contributed by atoms with Crippen molar-refractivity contribution in [1.82, 2.24) is 10.2 Å². The molecule has 0 saturated heterocycles. The van der Waals surface area contributed by atoms with E-state index >= 15 is 0 Å². The van der Waals surface area contributed by atoms with E-state index in [9.17, 15) is 9.59 Å². The lowest BCUT2D eigenvalue weighted by Crippen LogP contribution is -2.40. The molecule has 0 aromatic heterocycles. The molecule has 0 aromatic rings. The van der Waals surface area contributed by atoms with Crippen LogP contribution in [0.3, 0.4) is 0 Å². The molecule has 0 radical (unpaired) electrons. The van der Waals surface area contributed by atoms with Crippen molar-refractivity contribution in [1.29, 1.82) is 0 Å². The Balaban J connectivity index is 3.97. The van der Waals surface area contributed by atoms with Crippen LogP contribution in [0.2, 0.25) is 0 Å². The minimum absolute atomic E-state index is 0.0319. The average molecular weight is 190 g/mol. The molecule has 0 spiro atoms. The van der Waals surface area contributed by atoms with Gasteiger partial charge >= 0.3 is 6.09 Å². The van der Waals surface area contributed by atoms with E-state index in [1.165, 1.54) is 4.90 Å². The quantitative estimate of drug-likeness (QED) is 0.535. The molecule has 0 bridgehead atoms. The number of aliphatic hydroxyl groups excluding tert-OH is 1. The number of rotatable bonds is 4. The molecule has 6 heteroatoms. The van der Waals surface area contributed by atoms with Gasteiger partial charge in [-0.15, -0.1) is 0 Å². The Bertz CT molecular complexity index is 193. The van der Waals surface area contributed by atoms with Gasteiger partial charge in [0.25, 0.3) is 0 Å². The molecule has 0 aromatic carbocycles. The number of carbonyl (C=O) groups excluding carboxylic acids is 1. The van der Waals surface area contributed by atoms with E-state index in [0.717, 1.165) is 0 Å². The summed E-state index contributed by atoms with van der Waals surface area (Å²) in [7, 11) is 3.13. The number of amides is 2. The summed E-state index contributed by atoms with van der Waals surface area (Å²) in [5, 5.41) is 19.1. The van der Waals surface area contributed by atoms with E-state index in [-0.39, 0.29) is 18.9 Å². The van der Waals surface area contributed by atoms with Gasteiger partial charge in [0.2, 0.25) is 5.91 Å². The van der Waals surface area contributed by atoms with Crippen molar-refractivity contribution in [2.75, 3.05) is 20.7 Å². The lowest BCUT2D eigenvalue weighted by molar-refractivity contribution is -0.129. The summed E-state index contributed by atoms with van der Waals surface area (Å²) in [5.74, 6) is -0.229. The van der Waals surface area contributed by atoms with Crippen molar-refractivity contribution >= 4 is 12.0 Å². The molecule has 0 aliphatic rings. The first-order chi connectivity index (χ1) is 5.97. The number of aliphatic hydroxyl groups is 1. The van der Waals surface area contributed by atoms with Crippen LogP contribution in [0.1, 0.15) is 6.42 Å². The molecule has 76 valence electrons. The zero-order valence-electron chi connectivity index (χ0n) is 7.65. The fourth-order valence-electron chi connectivity index (χ4n) is 0.729. The van der Waals surface area contributed by atoms with Gasteiger partial charge < -0.3 is 20.4 Å². The van der Waals surface area contributed by atoms with Crippen LogP contribution in [0.25, 0.3) is 0 Å². The van der Waals surface area contributed by atoms with Crippen LogP contribution in [0.5, 0.6) is 0 Å². The molecule has 6 nitrogen and oxygen atoms in total. The molecule has 2 amide bonds. The van der Waals surface area contributed by atoms with Crippen LogP contribution in [-0.2, 0) is 4.79 Å². The highest BCUT2D eigenvalue weighted by Crippen LogP contribution is 1.94. The van der Waals surface area contributed by atoms with Crippen molar-refractivity contribution in [2.45, 2.75) is 12.5 Å². The maximum Gasteiger partial charge on any atom is 0.404 e. The summed E-state index contributed by atoms with van der Waals surface area (Å²) in [6, 6.07) is -0.729. The Morgan fingerprint density at radius 1 is 1.46 bits per heavy atom. The zero-order chi connectivity index (χ0) is 10.4. The molecule has 0 aliphatic heterocycles. The summed E-state index contributed by atoms with van der Waals surface area (Å²) in [5.41, 5.74) is 0. The van der Waals surface area contributed by atoms with Gasteiger partial charge in [0.1, 0.15) is 0 Å². The van der Waals surface area contributed by atoms with Gasteiger partial charge in [-0.05, 0) is 0 Å². The van der Waals surface area contributed by atoms with E-state index in [4.69, 9.17) is 10.2 Å². The Morgan fingerprint density at radius 3 is 2.31 bits per heavy atom. The third kappa shape index (κ3) is 5.02. The van der Waals surface area contributed by atoms with Crippen molar-refractivity contribution < 1.29 is 19.8 Å². The average Bonchev–Trinajstić information content (AvgIpc) is 2.02. The number of hydrogen-bond acceptors (Lipinski definition) is 3. The maximum atomic E-state index is 11.1. The SMILES string of the molecule is CN(C)C(=O)C[C@H](CO)NC(=O)O. The predicted molar refractivity (Wildman–Crippen MR) is 45.3 cm³/mol. The molecule has 13 heavy (non-hydrogen) atoms. The maximum absolute atomic E-state index is 11.1. The molecule has 0 saturated carbocycles. The molecule has 0 rings (SSSR count). The number of nitrogens with zero attached hydrogens (tertiary/aromatic N) is 1. The van der Waals surface area contributed by atoms with E-state index < -0.39 is 12.1 Å². The van der Waals surface area contributed by atoms with Gasteiger partial charge in [-0.2, -0.15) is 0 Å². The summed E-state index contributed by atoms with van der Waals surface area (Å²) >= 11 is 0. The first-order valence-corrected chi connectivity index (χ1v) is 3.77. The normalized spacial score (nSPS) is 11.9. The fraction of sp³-hybridized carbons (Fsp3) is 0.714. The van der Waals surface area contributed by atoms with E-state index in [1.807, 2.05) is 5.32 Å². The summed E-state index contributed by atoms with van der Waals surface area (Å²) < 4.78 is 0. The highest BCUT2D eigenvalue weighted by Gasteiger charge is 2.15. The van der Waals surface area contributed by atoms with Crippen LogP contribution in [0.15, 0.2) is 0 Å². The third-order valence-corrected chi connectivity index (χ3v) is 1.47. The van der Waals surface area contributed by atoms with Crippen LogP contribution in [0.4, 0.5) is 4.79 Å². The second-order valence-corrected chi connectivity index (χ2v) is 2.82. The fourth-order valence-corrected chi connectivity index (χ4v) is 0.729. The summed E-state index contributed by atoms with van der Waals surface area (Å²) in [4.78, 5) is 22.6. The Kier molecular flexibility index (Phi) is 4.83. The van der Waals surface area contributed by atoms with E-state index in [1.54, 1.807) is 14.1 Å². The van der Waals surface area contributed by atoms with Gasteiger partial charge in [-0.3, -0.25) is 4.79 Å². The lowest BCUT2D eigenvalue weighted by atomic mass is 10.2. The second-order valence-electron chi connectivity index (χ2n) is 2.82. The van der Waals surface area contributed by atoms with Gasteiger partial charge in [0.05, 0.1) is 12.6 Å². The highest BCUT2D eigenvalue weighted by atomic mass is 16.4. The standard InChI is InChI=1S/C7H14N2O4/c1-9(2)6(11)3-5(4-10)8-7(12)13/h5,8,10H,3-4H2,1-2H3,(H,12,13)/t5-/m1/s1. The Hall–Kier alpha value is -1.30. The first-order valence-electron chi connectivity index (χ1n) is 3.77. The van der Waals surface area contributed by atoms with Gasteiger partial charge in [-0.25, -0.2) is 4.79 Å². The lowest BCUT2D eigenvalue weighted by Gasteiger charge is -2.16. The van der Waals surface area contributed by atoms with Crippen LogP contribution in [0, 0.1) is 0 Å².